The summed E-state index contributed by atoms with van der Waals surface area (Å²) < 4.78 is 45.9. The van der Waals surface area contributed by atoms with E-state index in [4.69, 9.17) is 4.74 Å². The van der Waals surface area contributed by atoms with Crippen LogP contribution in [-0.2, 0) is 17.4 Å². The first kappa shape index (κ1) is 24.7. The number of amides is 1. The van der Waals surface area contributed by atoms with Gasteiger partial charge in [0.05, 0.1) is 44.9 Å². The van der Waals surface area contributed by atoms with Gasteiger partial charge in [-0.05, 0) is 42.5 Å². The standard InChI is InChI=1S/C23H17F3N4O3S3/c1-33-14-5-3-13(4-6-14)30-20(32)19-16(8-9-34-19)28-22(30)35-11-18(31)29-21-27-15-7-2-12(23(24,25)26)10-17(15)36-21/h2-7,10H,8-9,11H2,1H3,(H,27,29,31). The van der Waals surface area contributed by atoms with Crippen LogP contribution in [0.2, 0.25) is 0 Å². The van der Waals surface area contributed by atoms with Crippen LogP contribution in [0.1, 0.15) is 11.3 Å². The predicted octanol–water partition coefficient (Wildman–Crippen LogP) is 5.25. The van der Waals surface area contributed by atoms with E-state index in [1.807, 2.05) is 0 Å². The van der Waals surface area contributed by atoms with Crippen LogP contribution >= 0.6 is 34.9 Å². The highest BCUT2D eigenvalue weighted by Crippen LogP contribution is 2.35. The highest BCUT2D eigenvalue weighted by atomic mass is 32.2. The minimum atomic E-state index is -4.46. The number of aromatic nitrogens is 3. The summed E-state index contributed by atoms with van der Waals surface area (Å²) in [6.07, 6.45) is -3.79. The SMILES string of the molecule is COc1ccc(-n2c(SCC(=O)Nc3nc4ccc(C(F)(F)F)cc4s3)nc3c(c2=O)SCC3)cc1. The molecule has 7 nitrogen and oxygen atoms in total. The number of carbonyl (C=O) groups is 1. The second-order valence-electron chi connectivity index (χ2n) is 7.64. The highest BCUT2D eigenvalue weighted by molar-refractivity contribution is 8.00. The van der Waals surface area contributed by atoms with Crippen LogP contribution in [0.4, 0.5) is 18.3 Å². The zero-order valence-electron chi connectivity index (χ0n) is 18.6. The number of nitrogens with zero attached hydrogens (tertiary/aromatic N) is 3. The van der Waals surface area contributed by atoms with Gasteiger partial charge in [-0.2, -0.15) is 13.2 Å². The lowest BCUT2D eigenvalue weighted by Gasteiger charge is -2.14. The van der Waals surface area contributed by atoms with E-state index in [0.717, 1.165) is 41.0 Å². The number of aryl methyl sites for hydroxylation is 1. The lowest BCUT2D eigenvalue weighted by atomic mass is 10.2. The number of carbonyl (C=O) groups excluding carboxylic acids is 1. The fraction of sp³-hybridized carbons (Fsp3) is 0.217. The van der Waals surface area contributed by atoms with Gasteiger partial charge in [0.1, 0.15) is 5.75 Å². The molecular formula is C23H17F3N4O3S3. The number of methoxy groups -OCH3 is 1. The van der Waals surface area contributed by atoms with E-state index in [1.165, 1.54) is 22.4 Å². The molecule has 2 aromatic heterocycles. The van der Waals surface area contributed by atoms with Gasteiger partial charge in [0.2, 0.25) is 5.91 Å². The Labute approximate surface area is 215 Å². The highest BCUT2D eigenvalue weighted by Gasteiger charge is 2.31. The summed E-state index contributed by atoms with van der Waals surface area (Å²) in [6.45, 7) is 0. The van der Waals surface area contributed by atoms with Gasteiger partial charge in [-0.25, -0.2) is 9.97 Å². The fourth-order valence-electron chi connectivity index (χ4n) is 3.59. The van der Waals surface area contributed by atoms with Crippen molar-refractivity contribution < 1.29 is 22.7 Å². The smallest absolute Gasteiger partial charge is 0.416 e. The van der Waals surface area contributed by atoms with Crippen LogP contribution < -0.4 is 15.6 Å². The molecule has 2 aromatic carbocycles. The Hall–Kier alpha value is -3.03. The number of thiazole rings is 1. The van der Waals surface area contributed by atoms with Crippen LogP contribution in [0, 0.1) is 0 Å². The molecule has 1 N–H and O–H groups in total. The Balaban J connectivity index is 1.37. The maximum absolute atomic E-state index is 13.2. The van der Waals surface area contributed by atoms with Gasteiger partial charge in [-0.15, -0.1) is 11.8 Å². The Bertz CT molecular complexity index is 1520. The first-order chi connectivity index (χ1) is 17.2. The Kier molecular flexibility index (Phi) is 6.70. The van der Waals surface area contributed by atoms with Crippen molar-refractivity contribution in [3.8, 4) is 11.4 Å². The Morgan fingerprint density at radius 2 is 1.97 bits per heavy atom. The van der Waals surface area contributed by atoms with Crippen molar-refractivity contribution in [1.82, 2.24) is 14.5 Å². The monoisotopic (exact) mass is 550 g/mol. The molecule has 3 heterocycles. The number of fused-ring (bicyclic) bond motifs is 2. The number of nitrogens with one attached hydrogen (secondary N) is 1. The Morgan fingerprint density at radius 1 is 1.19 bits per heavy atom. The zero-order chi connectivity index (χ0) is 25.4. The van der Waals surface area contributed by atoms with Gasteiger partial charge in [-0.1, -0.05) is 23.1 Å². The summed E-state index contributed by atoms with van der Waals surface area (Å²) in [4.78, 5) is 35.4. The van der Waals surface area contributed by atoms with Crippen molar-refractivity contribution in [2.75, 3.05) is 23.9 Å². The van der Waals surface area contributed by atoms with Gasteiger partial charge in [0.15, 0.2) is 10.3 Å². The van der Waals surface area contributed by atoms with Crippen molar-refractivity contribution in [2.24, 2.45) is 0 Å². The zero-order valence-corrected chi connectivity index (χ0v) is 21.0. The van der Waals surface area contributed by atoms with Crippen LogP contribution in [0.25, 0.3) is 15.9 Å². The summed E-state index contributed by atoms with van der Waals surface area (Å²) in [6, 6.07) is 10.2. The largest absolute Gasteiger partial charge is 0.497 e. The summed E-state index contributed by atoms with van der Waals surface area (Å²) in [5, 5.41) is 3.20. The molecule has 0 radical (unpaired) electrons. The quantitative estimate of drug-likeness (QED) is 0.259. The molecule has 4 aromatic rings. The summed E-state index contributed by atoms with van der Waals surface area (Å²) in [7, 11) is 1.55. The van der Waals surface area contributed by atoms with Crippen LogP contribution in [0.5, 0.6) is 5.75 Å². The molecule has 5 rings (SSSR count). The minimum Gasteiger partial charge on any atom is -0.497 e. The van der Waals surface area contributed by atoms with Crippen molar-refractivity contribution in [3.05, 3.63) is 64.1 Å². The van der Waals surface area contributed by atoms with Crippen LogP contribution in [0.3, 0.4) is 0 Å². The van der Waals surface area contributed by atoms with Crippen molar-refractivity contribution in [3.63, 3.8) is 0 Å². The molecule has 0 fully saturated rings. The third kappa shape index (κ3) is 4.95. The number of benzene rings is 2. The summed E-state index contributed by atoms with van der Waals surface area (Å²) >= 11 is 3.53. The number of ether oxygens (including phenoxy) is 1. The van der Waals surface area contributed by atoms with Crippen LogP contribution in [-0.4, -0.2) is 39.1 Å². The topological polar surface area (TPSA) is 86.1 Å². The van der Waals surface area contributed by atoms with Crippen molar-refractivity contribution >= 4 is 56.1 Å². The summed E-state index contributed by atoms with van der Waals surface area (Å²) in [5.41, 5.74) is 0.705. The fourth-order valence-corrected chi connectivity index (χ4v) is 6.36. The molecule has 1 amide bonds. The molecule has 13 heteroatoms. The normalized spacial score (nSPS) is 13.1. The second kappa shape index (κ2) is 9.79. The second-order valence-corrected chi connectivity index (χ2v) is 10.7. The number of alkyl halides is 3. The maximum Gasteiger partial charge on any atom is 0.416 e. The van der Waals surface area contributed by atoms with E-state index in [0.29, 0.717) is 43.8 Å². The van der Waals surface area contributed by atoms with Crippen molar-refractivity contribution in [2.45, 2.75) is 22.6 Å². The Morgan fingerprint density at radius 3 is 2.69 bits per heavy atom. The first-order valence-corrected chi connectivity index (χ1v) is 13.4. The molecule has 0 spiro atoms. The number of hydrogen-bond donors (Lipinski definition) is 1. The van der Waals surface area contributed by atoms with E-state index in [2.05, 4.69) is 15.3 Å². The third-order valence-corrected chi connectivity index (χ3v) is 8.27. The molecule has 0 unspecified atom stereocenters. The third-order valence-electron chi connectivity index (χ3n) is 5.29. The van der Waals surface area contributed by atoms with E-state index in [1.54, 1.807) is 31.4 Å². The van der Waals surface area contributed by atoms with Crippen LogP contribution in [0.15, 0.2) is 57.3 Å². The predicted molar refractivity (Wildman–Crippen MR) is 135 cm³/mol. The molecule has 1 aliphatic heterocycles. The lowest BCUT2D eigenvalue weighted by molar-refractivity contribution is -0.137. The van der Waals surface area contributed by atoms with Gasteiger partial charge in [0, 0.05) is 12.2 Å². The lowest BCUT2D eigenvalue weighted by Crippen LogP contribution is -2.24. The number of hydrogen-bond acceptors (Lipinski definition) is 8. The maximum atomic E-state index is 13.2. The van der Waals surface area contributed by atoms with E-state index >= 15 is 0 Å². The molecule has 1 aliphatic rings. The average Bonchev–Trinajstić information content (AvgIpc) is 3.48. The molecule has 0 saturated carbocycles. The molecule has 0 aliphatic carbocycles. The number of halogens is 3. The van der Waals surface area contributed by atoms with Gasteiger partial charge >= 0.3 is 6.18 Å². The molecule has 0 atom stereocenters. The van der Waals surface area contributed by atoms with Crippen molar-refractivity contribution in [1.29, 1.82) is 0 Å². The van der Waals surface area contributed by atoms with E-state index < -0.39 is 17.6 Å². The average molecular weight is 551 g/mol. The van der Waals surface area contributed by atoms with Gasteiger partial charge in [-0.3, -0.25) is 14.2 Å². The molecule has 36 heavy (non-hydrogen) atoms. The minimum absolute atomic E-state index is 0.0712. The number of thioether (sulfide) groups is 2. The van der Waals surface area contributed by atoms with E-state index in [9.17, 15) is 22.8 Å². The van der Waals surface area contributed by atoms with Gasteiger partial charge < -0.3 is 10.1 Å². The first-order valence-electron chi connectivity index (χ1n) is 10.6. The molecule has 0 bridgehead atoms. The van der Waals surface area contributed by atoms with Gasteiger partial charge in [0.25, 0.3) is 5.56 Å². The number of rotatable bonds is 6. The molecule has 0 saturated heterocycles. The molecule has 186 valence electrons. The summed E-state index contributed by atoms with van der Waals surface area (Å²) in [5.74, 6) is 0.920. The molecular weight excluding hydrogens is 533 g/mol. The van der Waals surface area contributed by atoms with E-state index in [-0.39, 0.29) is 16.4 Å². The number of anilines is 1.